The Morgan fingerprint density at radius 2 is 1.04 bits per heavy atom. The Hall–Kier alpha value is -2.38. The Bertz CT molecular complexity index is 719. The van der Waals surface area contributed by atoms with Crippen molar-refractivity contribution in [2.75, 3.05) is 0 Å². The van der Waals surface area contributed by atoms with Gasteiger partial charge in [0.05, 0.1) is 0 Å². The molecule has 3 aromatic carbocycles. The zero-order valence-corrected chi connectivity index (χ0v) is 14.6. The second-order valence-electron chi connectivity index (χ2n) is 6.94. The predicted octanol–water partition coefficient (Wildman–Crippen LogP) is 6.16. The minimum absolute atomic E-state index is 0.486. The fraction of sp³-hybridized carbons (Fsp3) is 0.250. The van der Waals surface area contributed by atoms with Gasteiger partial charge in [-0.3, -0.25) is 4.90 Å². The number of benzene rings is 3. The van der Waals surface area contributed by atoms with E-state index in [1.54, 1.807) is 0 Å². The maximum atomic E-state index is 2.71. The lowest BCUT2D eigenvalue weighted by Crippen LogP contribution is -2.36. The Kier molecular flexibility index (Phi) is 4.94. The van der Waals surface area contributed by atoms with Crippen LogP contribution < -0.4 is 0 Å². The summed E-state index contributed by atoms with van der Waals surface area (Å²) in [7, 11) is 0. The van der Waals surface area contributed by atoms with Crippen LogP contribution in [0.2, 0.25) is 0 Å². The average Bonchev–Trinajstić information content (AvgIpc) is 2.70. The molecule has 1 heterocycles. The first kappa shape index (κ1) is 16.1. The summed E-state index contributed by atoms with van der Waals surface area (Å²) in [5.74, 6) is 0. The molecule has 25 heavy (non-hydrogen) atoms. The summed E-state index contributed by atoms with van der Waals surface area (Å²) in [5.41, 5.74) is 4.28. The molecule has 1 aliphatic heterocycles. The van der Waals surface area contributed by atoms with Gasteiger partial charge in [-0.05, 0) is 36.0 Å². The summed E-state index contributed by atoms with van der Waals surface area (Å²) in [6.45, 7) is 1.000. The number of hydrogen-bond acceptors (Lipinski definition) is 1. The molecule has 1 saturated heterocycles. The monoisotopic (exact) mass is 327 g/mol. The van der Waals surface area contributed by atoms with E-state index in [1.165, 1.54) is 36.0 Å². The molecular formula is C24H25N. The third-order valence-corrected chi connectivity index (χ3v) is 5.33. The Morgan fingerprint density at radius 1 is 0.600 bits per heavy atom. The normalized spacial score (nSPS) is 21.1. The van der Waals surface area contributed by atoms with Crippen LogP contribution in [-0.4, -0.2) is 4.90 Å². The SMILES string of the molecule is c1ccc(CN2C(c3ccccc3)CCCC2c2ccccc2)cc1. The van der Waals surface area contributed by atoms with E-state index >= 15 is 0 Å². The fourth-order valence-electron chi connectivity index (χ4n) is 4.13. The van der Waals surface area contributed by atoms with Gasteiger partial charge in [0.1, 0.15) is 0 Å². The van der Waals surface area contributed by atoms with Gasteiger partial charge < -0.3 is 0 Å². The van der Waals surface area contributed by atoms with Gasteiger partial charge in [0.25, 0.3) is 0 Å². The van der Waals surface area contributed by atoms with Crippen molar-refractivity contribution in [3.63, 3.8) is 0 Å². The third-order valence-electron chi connectivity index (χ3n) is 5.33. The minimum Gasteiger partial charge on any atom is -0.285 e. The van der Waals surface area contributed by atoms with E-state index in [0.717, 1.165) is 6.54 Å². The highest BCUT2D eigenvalue weighted by molar-refractivity contribution is 5.25. The second kappa shape index (κ2) is 7.67. The van der Waals surface area contributed by atoms with E-state index in [9.17, 15) is 0 Å². The topological polar surface area (TPSA) is 3.24 Å². The number of hydrogen-bond donors (Lipinski definition) is 0. The van der Waals surface area contributed by atoms with Crippen molar-refractivity contribution in [3.05, 3.63) is 108 Å². The molecule has 0 N–H and O–H groups in total. The molecule has 0 amide bonds. The summed E-state index contributed by atoms with van der Waals surface area (Å²) in [5, 5.41) is 0. The highest BCUT2D eigenvalue weighted by Gasteiger charge is 2.32. The first-order chi connectivity index (χ1) is 12.4. The van der Waals surface area contributed by atoms with E-state index in [0.29, 0.717) is 12.1 Å². The summed E-state index contributed by atoms with van der Waals surface area (Å²) >= 11 is 0. The second-order valence-corrected chi connectivity index (χ2v) is 6.94. The highest BCUT2D eigenvalue weighted by Crippen LogP contribution is 2.42. The zero-order valence-electron chi connectivity index (χ0n) is 14.6. The van der Waals surface area contributed by atoms with Crippen LogP contribution in [0, 0.1) is 0 Å². The summed E-state index contributed by atoms with van der Waals surface area (Å²) in [6, 6.07) is 33.9. The van der Waals surface area contributed by atoms with Gasteiger partial charge >= 0.3 is 0 Å². The number of rotatable bonds is 4. The van der Waals surface area contributed by atoms with Crippen molar-refractivity contribution < 1.29 is 0 Å². The molecule has 0 aromatic heterocycles. The van der Waals surface area contributed by atoms with Crippen LogP contribution in [0.4, 0.5) is 0 Å². The molecule has 126 valence electrons. The van der Waals surface area contributed by atoms with Gasteiger partial charge in [0, 0.05) is 18.6 Å². The Morgan fingerprint density at radius 3 is 1.52 bits per heavy atom. The standard InChI is InChI=1S/C24H25N/c1-4-11-20(12-5-1)19-25-23(21-13-6-2-7-14-21)17-10-18-24(25)22-15-8-3-9-16-22/h1-9,11-16,23-24H,10,17-19H2. The van der Waals surface area contributed by atoms with E-state index in [-0.39, 0.29) is 0 Å². The lowest BCUT2D eigenvalue weighted by atomic mass is 9.87. The van der Waals surface area contributed by atoms with Crippen LogP contribution in [0.5, 0.6) is 0 Å². The molecule has 1 heteroatoms. The largest absolute Gasteiger partial charge is 0.285 e. The van der Waals surface area contributed by atoms with Gasteiger partial charge in [0.15, 0.2) is 0 Å². The van der Waals surface area contributed by atoms with Crippen molar-refractivity contribution >= 4 is 0 Å². The van der Waals surface area contributed by atoms with Gasteiger partial charge in [-0.2, -0.15) is 0 Å². The van der Waals surface area contributed by atoms with Crippen molar-refractivity contribution in [2.24, 2.45) is 0 Å². The van der Waals surface area contributed by atoms with Crippen LogP contribution in [0.25, 0.3) is 0 Å². The van der Waals surface area contributed by atoms with Crippen molar-refractivity contribution in [1.82, 2.24) is 4.90 Å². The molecule has 3 aromatic rings. The van der Waals surface area contributed by atoms with Crippen molar-refractivity contribution in [2.45, 2.75) is 37.9 Å². The average molecular weight is 327 g/mol. The molecule has 4 rings (SSSR count). The number of piperidine rings is 1. The molecule has 1 aliphatic rings. The molecule has 0 aliphatic carbocycles. The predicted molar refractivity (Wildman–Crippen MR) is 104 cm³/mol. The molecule has 1 nitrogen and oxygen atoms in total. The molecule has 0 radical (unpaired) electrons. The van der Waals surface area contributed by atoms with E-state index in [4.69, 9.17) is 0 Å². The lowest BCUT2D eigenvalue weighted by molar-refractivity contribution is 0.0735. The maximum Gasteiger partial charge on any atom is 0.0357 e. The first-order valence-corrected chi connectivity index (χ1v) is 9.31. The molecule has 0 saturated carbocycles. The van der Waals surface area contributed by atoms with Crippen molar-refractivity contribution in [1.29, 1.82) is 0 Å². The van der Waals surface area contributed by atoms with Crippen LogP contribution in [0.1, 0.15) is 48.0 Å². The van der Waals surface area contributed by atoms with Gasteiger partial charge in [-0.1, -0.05) is 91.0 Å². The summed E-state index contributed by atoms with van der Waals surface area (Å²) in [6.07, 6.45) is 3.75. The smallest absolute Gasteiger partial charge is 0.0357 e. The number of nitrogens with zero attached hydrogens (tertiary/aromatic N) is 1. The van der Waals surface area contributed by atoms with E-state index in [1.807, 2.05) is 0 Å². The Labute approximate surface area is 150 Å². The molecule has 0 bridgehead atoms. The molecule has 1 fully saturated rings. The quantitative estimate of drug-likeness (QED) is 0.555. The van der Waals surface area contributed by atoms with Crippen LogP contribution >= 0.6 is 0 Å². The van der Waals surface area contributed by atoms with Crippen LogP contribution in [0.15, 0.2) is 91.0 Å². The lowest BCUT2D eigenvalue weighted by Gasteiger charge is -2.43. The van der Waals surface area contributed by atoms with Crippen LogP contribution in [0.3, 0.4) is 0 Å². The number of likely N-dealkylation sites (tertiary alicyclic amines) is 1. The molecule has 2 unspecified atom stereocenters. The van der Waals surface area contributed by atoms with E-state index < -0.39 is 0 Å². The van der Waals surface area contributed by atoms with Gasteiger partial charge in [-0.25, -0.2) is 0 Å². The molecule has 0 spiro atoms. The summed E-state index contributed by atoms with van der Waals surface area (Å²) < 4.78 is 0. The third kappa shape index (κ3) is 3.67. The minimum atomic E-state index is 0.486. The van der Waals surface area contributed by atoms with E-state index in [2.05, 4.69) is 95.9 Å². The van der Waals surface area contributed by atoms with Gasteiger partial charge in [0.2, 0.25) is 0 Å². The first-order valence-electron chi connectivity index (χ1n) is 9.31. The van der Waals surface area contributed by atoms with Crippen LogP contribution in [-0.2, 0) is 6.54 Å². The molecule has 2 atom stereocenters. The fourth-order valence-corrected chi connectivity index (χ4v) is 4.13. The zero-order chi connectivity index (χ0) is 16.9. The van der Waals surface area contributed by atoms with Crippen molar-refractivity contribution in [3.8, 4) is 0 Å². The maximum absolute atomic E-state index is 2.71. The highest BCUT2D eigenvalue weighted by atomic mass is 15.2. The molecular weight excluding hydrogens is 302 g/mol. The van der Waals surface area contributed by atoms with Gasteiger partial charge in [-0.15, -0.1) is 0 Å². The Balaban J connectivity index is 1.70. The summed E-state index contributed by atoms with van der Waals surface area (Å²) in [4.78, 5) is 2.71.